The molecule has 8 heteroatoms. The van der Waals surface area contributed by atoms with Crippen LogP contribution in [-0.2, 0) is 10.3 Å². The van der Waals surface area contributed by atoms with Gasteiger partial charge in [0.2, 0.25) is 5.91 Å². The lowest BCUT2D eigenvalue weighted by Gasteiger charge is -2.49. The van der Waals surface area contributed by atoms with Crippen molar-refractivity contribution in [2.45, 2.75) is 25.3 Å². The van der Waals surface area contributed by atoms with Crippen molar-refractivity contribution in [3.63, 3.8) is 0 Å². The van der Waals surface area contributed by atoms with E-state index in [-0.39, 0.29) is 23.7 Å². The van der Waals surface area contributed by atoms with Gasteiger partial charge in [0.15, 0.2) is 5.96 Å². The number of para-hydroxylation sites is 1. The molecule has 2 aliphatic heterocycles. The number of carbonyl (C=O) groups excluding carboxylic acids is 1. The molecule has 1 amide bonds. The summed E-state index contributed by atoms with van der Waals surface area (Å²) >= 11 is 1.62. The molecule has 33 heavy (non-hydrogen) atoms. The molecule has 2 atom stereocenters. The van der Waals surface area contributed by atoms with Gasteiger partial charge in [-0.25, -0.2) is 9.97 Å². The molecular formula is C25H28N6OS. The Morgan fingerprint density at radius 2 is 1.82 bits per heavy atom. The van der Waals surface area contributed by atoms with Gasteiger partial charge in [-0.1, -0.05) is 18.2 Å². The summed E-state index contributed by atoms with van der Waals surface area (Å²) in [5, 5.41) is 13.9. The molecule has 4 heterocycles. The van der Waals surface area contributed by atoms with E-state index < -0.39 is 5.54 Å². The Kier molecular flexibility index (Phi) is 5.62. The van der Waals surface area contributed by atoms with Crippen LogP contribution in [0.1, 0.15) is 24.6 Å². The molecule has 0 bridgehead atoms. The van der Waals surface area contributed by atoms with Gasteiger partial charge in [0.05, 0.1) is 11.5 Å². The lowest BCUT2D eigenvalue weighted by molar-refractivity contribution is -0.138. The standard InChI is InChI=1S/C25H28N6OS/c1-25(21-12-18(15-33-21)19-13-27-16-28-14-19)22(23(32)30(2)24(26)29-25)17-8-10-31(11-9-17)20-6-4-3-5-7-20/h3-7,12-17,22H,8-11H2,1-2H3,(H2,26,29)/t22-,25-/m1/s1. The Hall–Kier alpha value is -3.26. The van der Waals surface area contributed by atoms with E-state index in [1.807, 2.05) is 6.07 Å². The van der Waals surface area contributed by atoms with Crippen LogP contribution in [0, 0.1) is 17.2 Å². The van der Waals surface area contributed by atoms with Crippen molar-refractivity contribution in [1.29, 1.82) is 5.41 Å². The molecule has 5 rings (SSSR count). The average Bonchev–Trinajstić information content (AvgIpc) is 3.36. The molecule has 0 aliphatic carbocycles. The number of aromatic nitrogens is 2. The summed E-state index contributed by atoms with van der Waals surface area (Å²) in [7, 11) is 1.70. The third-order valence-corrected chi connectivity index (χ3v) is 8.24. The first-order valence-electron chi connectivity index (χ1n) is 11.3. The van der Waals surface area contributed by atoms with Crippen LogP contribution in [0.3, 0.4) is 0 Å². The Labute approximate surface area is 198 Å². The van der Waals surface area contributed by atoms with Crippen LogP contribution in [0.2, 0.25) is 0 Å². The SMILES string of the molecule is CN1C(=N)N[C@](C)(c2cc(-c3cncnc3)cs2)[C@H](C2CCN(c3ccccc3)CC2)C1=O. The fourth-order valence-corrected chi connectivity index (χ4v) is 6.28. The van der Waals surface area contributed by atoms with Crippen molar-refractivity contribution in [3.05, 3.63) is 65.4 Å². The maximum absolute atomic E-state index is 13.6. The molecule has 7 nitrogen and oxygen atoms in total. The van der Waals surface area contributed by atoms with Gasteiger partial charge in [-0.3, -0.25) is 15.1 Å². The topological polar surface area (TPSA) is 85.2 Å². The smallest absolute Gasteiger partial charge is 0.235 e. The number of amides is 1. The van der Waals surface area contributed by atoms with Crippen molar-refractivity contribution >= 4 is 28.9 Å². The van der Waals surface area contributed by atoms with Gasteiger partial charge in [0, 0.05) is 48.7 Å². The van der Waals surface area contributed by atoms with E-state index in [1.165, 1.54) is 16.9 Å². The average molecular weight is 461 g/mol. The number of rotatable bonds is 4. The predicted molar refractivity (Wildman–Crippen MR) is 131 cm³/mol. The first-order chi connectivity index (χ1) is 16.0. The maximum atomic E-state index is 13.6. The van der Waals surface area contributed by atoms with Gasteiger partial charge in [0.25, 0.3) is 0 Å². The third kappa shape index (κ3) is 3.88. The molecule has 2 fully saturated rings. The number of carbonyl (C=O) groups is 1. The number of benzene rings is 1. The van der Waals surface area contributed by atoms with Crippen molar-refractivity contribution in [2.24, 2.45) is 11.8 Å². The lowest BCUT2D eigenvalue weighted by Crippen LogP contribution is -2.65. The summed E-state index contributed by atoms with van der Waals surface area (Å²) in [6.45, 7) is 3.93. The van der Waals surface area contributed by atoms with Gasteiger partial charge < -0.3 is 10.2 Å². The second-order valence-corrected chi connectivity index (χ2v) is 9.95. The van der Waals surface area contributed by atoms with Crippen LogP contribution < -0.4 is 10.2 Å². The molecule has 2 saturated heterocycles. The van der Waals surface area contributed by atoms with Gasteiger partial charge in [-0.05, 0) is 54.8 Å². The summed E-state index contributed by atoms with van der Waals surface area (Å²) in [6.07, 6.45) is 7.00. The van der Waals surface area contributed by atoms with Crippen molar-refractivity contribution < 1.29 is 4.79 Å². The zero-order valence-electron chi connectivity index (χ0n) is 18.9. The minimum atomic E-state index is -0.640. The molecule has 3 aromatic rings. The molecular weight excluding hydrogens is 432 g/mol. The summed E-state index contributed by atoms with van der Waals surface area (Å²) in [5.74, 6) is 0.167. The van der Waals surface area contributed by atoms with Crippen LogP contribution in [0.4, 0.5) is 5.69 Å². The summed E-state index contributed by atoms with van der Waals surface area (Å²) in [5.41, 5.74) is 2.58. The highest BCUT2D eigenvalue weighted by atomic mass is 32.1. The second-order valence-electron chi connectivity index (χ2n) is 9.04. The fourth-order valence-electron chi connectivity index (χ4n) is 5.20. The van der Waals surface area contributed by atoms with E-state index in [0.717, 1.165) is 41.9 Å². The first-order valence-corrected chi connectivity index (χ1v) is 12.1. The number of guanidine groups is 1. The quantitative estimate of drug-likeness (QED) is 0.616. The van der Waals surface area contributed by atoms with E-state index in [0.29, 0.717) is 0 Å². The molecule has 0 unspecified atom stereocenters. The highest BCUT2D eigenvalue weighted by Gasteiger charge is 2.52. The number of hydrogen-bond acceptors (Lipinski definition) is 6. The van der Waals surface area contributed by atoms with Gasteiger partial charge in [0.1, 0.15) is 6.33 Å². The van der Waals surface area contributed by atoms with Gasteiger partial charge in [-0.2, -0.15) is 0 Å². The van der Waals surface area contributed by atoms with E-state index in [2.05, 4.69) is 62.8 Å². The Balaban J connectivity index is 1.44. The number of anilines is 1. The number of nitrogens with one attached hydrogen (secondary N) is 2. The lowest BCUT2D eigenvalue weighted by atomic mass is 9.70. The molecule has 0 saturated carbocycles. The Morgan fingerprint density at radius 3 is 2.52 bits per heavy atom. The molecule has 2 N–H and O–H groups in total. The zero-order chi connectivity index (χ0) is 23.0. The van der Waals surface area contributed by atoms with Crippen molar-refractivity contribution in [3.8, 4) is 11.1 Å². The number of nitrogens with zero attached hydrogens (tertiary/aromatic N) is 4. The first kappa shape index (κ1) is 21.6. The Morgan fingerprint density at radius 1 is 1.12 bits per heavy atom. The molecule has 2 aromatic heterocycles. The number of piperidine rings is 1. The predicted octanol–water partition coefficient (Wildman–Crippen LogP) is 3.95. The summed E-state index contributed by atoms with van der Waals surface area (Å²) in [6, 6.07) is 12.6. The third-order valence-electron chi connectivity index (χ3n) is 7.07. The van der Waals surface area contributed by atoms with Crippen LogP contribution in [0.25, 0.3) is 11.1 Å². The number of hydrogen-bond donors (Lipinski definition) is 2. The highest BCUT2D eigenvalue weighted by molar-refractivity contribution is 7.10. The second kappa shape index (κ2) is 8.59. The van der Waals surface area contributed by atoms with E-state index in [9.17, 15) is 4.79 Å². The maximum Gasteiger partial charge on any atom is 0.235 e. The van der Waals surface area contributed by atoms with Crippen LogP contribution in [0.15, 0.2) is 60.5 Å². The minimum Gasteiger partial charge on any atom is -0.372 e. The summed E-state index contributed by atoms with van der Waals surface area (Å²) < 4.78 is 0. The zero-order valence-corrected chi connectivity index (χ0v) is 19.7. The molecule has 0 spiro atoms. The van der Waals surface area contributed by atoms with Gasteiger partial charge in [-0.15, -0.1) is 11.3 Å². The fraction of sp³-hybridized carbons (Fsp3) is 0.360. The Bertz CT molecular complexity index is 1140. The molecule has 1 aromatic carbocycles. The monoisotopic (exact) mass is 460 g/mol. The van der Waals surface area contributed by atoms with Crippen molar-refractivity contribution in [2.75, 3.05) is 25.0 Å². The molecule has 2 aliphatic rings. The highest BCUT2D eigenvalue weighted by Crippen LogP contribution is 2.45. The molecule has 170 valence electrons. The summed E-state index contributed by atoms with van der Waals surface area (Å²) in [4.78, 5) is 26.8. The van der Waals surface area contributed by atoms with Crippen LogP contribution >= 0.6 is 11.3 Å². The van der Waals surface area contributed by atoms with E-state index in [1.54, 1.807) is 30.8 Å². The van der Waals surface area contributed by atoms with E-state index >= 15 is 0 Å². The van der Waals surface area contributed by atoms with Crippen molar-refractivity contribution in [1.82, 2.24) is 20.2 Å². The number of thiophene rings is 1. The minimum absolute atomic E-state index is 0.0254. The van der Waals surface area contributed by atoms with E-state index in [4.69, 9.17) is 5.41 Å². The van der Waals surface area contributed by atoms with Crippen LogP contribution in [0.5, 0.6) is 0 Å². The van der Waals surface area contributed by atoms with Gasteiger partial charge >= 0.3 is 0 Å². The largest absolute Gasteiger partial charge is 0.372 e. The normalized spacial score (nSPS) is 24.1. The molecule has 0 radical (unpaired) electrons. The van der Waals surface area contributed by atoms with Crippen LogP contribution in [-0.4, -0.2) is 46.9 Å².